The molecule has 0 radical (unpaired) electrons. The van der Waals surface area contributed by atoms with E-state index in [4.69, 9.17) is 0 Å². The minimum absolute atomic E-state index is 0.242. The third-order valence-corrected chi connectivity index (χ3v) is 4.96. The van der Waals surface area contributed by atoms with Crippen LogP contribution in [0.2, 0.25) is 0 Å². The normalized spacial score (nSPS) is 10.3. The number of thiazole rings is 1. The van der Waals surface area contributed by atoms with Crippen LogP contribution in [-0.4, -0.2) is 16.9 Å². The number of urea groups is 1. The number of nitrogens with zero attached hydrogens (tertiary/aromatic N) is 1. The molecule has 3 aromatic rings. The molecule has 1 heterocycles. The molecule has 3 amide bonds. The summed E-state index contributed by atoms with van der Waals surface area (Å²) in [7, 11) is 0. The number of amides is 3. The van der Waals surface area contributed by atoms with E-state index in [9.17, 15) is 9.59 Å². The van der Waals surface area contributed by atoms with Gasteiger partial charge in [0.25, 0.3) is 5.91 Å². The first-order chi connectivity index (χ1) is 12.9. The number of nitrogens with one attached hydrogen (secondary N) is 3. The van der Waals surface area contributed by atoms with Crippen LogP contribution in [0.25, 0.3) is 0 Å². The monoisotopic (exact) mass is 380 g/mol. The fourth-order valence-electron chi connectivity index (χ4n) is 2.57. The number of anilines is 3. The fourth-order valence-corrected chi connectivity index (χ4v) is 3.43. The molecular formula is C20H20N4O2S. The van der Waals surface area contributed by atoms with Gasteiger partial charge in [0.05, 0.1) is 5.69 Å². The van der Waals surface area contributed by atoms with Crippen LogP contribution in [0.1, 0.15) is 26.5 Å². The lowest BCUT2D eigenvalue weighted by Crippen LogP contribution is -2.19. The number of carbonyl (C=O) groups is 2. The average Bonchev–Trinajstić information content (AvgIpc) is 2.98. The van der Waals surface area contributed by atoms with Gasteiger partial charge in [0.15, 0.2) is 5.13 Å². The molecule has 3 rings (SSSR count). The van der Waals surface area contributed by atoms with Crippen LogP contribution in [0.5, 0.6) is 0 Å². The van der Waals surface area contributed by atoms with Crippen LogP contribution in [0.15, 0.2) is 48.5 Å². The maximum atomic E-state index is 12.6. The Labute approximate surface area is 161 Å². The van der Waals surface area contributed by atoms with E-state index in [1.54, 1.807) is 19.1 Å². The van der Waals surface area contributed by atoms with Crippen LogP contribution >= 0.6 is 11.3 Å². The van der Waals surface area contributed by atoms with Crippen LogP contribution in [-0.2, 0) is 0 Å². The Morgan fingerprint density at radius 3 is 2.37 bits per heavy atom. The highest BCUT2D eigenvalue weighted by molar-refractivity contribution is 7.17. The Kier molecular flexibility index (Phi) is 5.52. The van der Waals surface area contributed by atoms with Gasteiger partial charge in [-0.2, -0.15) is 0 Å². The lowest BCUT2D eigenvalue weighted by Gasteiger charge is -2.08. The minimum Gasteiger partial charge on any atom is -0.321 e. The van der Waals surface area contributed by atoms with E-state index in [-0.39, 0.29) is 5.91 Å². The smallest absolute Gasteiger partial charge is 0.321 e. The Hall–Kier alpha value is -3.19. The van der Waals surface area contributed by atoms with Gasteiger partial charge in [0.2, 0.25) is 0 Å². The SMILES string of the molecule is Cc1ccc(NC(=O)c2sc(NC(=O)Nc3ccccc3)nc2C)c(C)c1. The highest BCUT2D eigenvalue weighted by atomic mass is 32.1. The molecule has 0 spiro atoms. The number of aryl methyl sites for hydroxylation is 3. The molecule has 0 bridgehead atoms. The van der Waals surface area contributed by atoms with Gasteiger partial charge in [-0.15, -0.1) is 0 Å². The highest BCUT2D eigenvalue weighted by Gasteiger charge is 2.17. The van der Waals surface area contributed by atoms with Gasteiger partial charge in [0, 0.05) is 11.4 Å². The molecule has 0 unspecified atom stereocenters. The molecule has 0 saturated heterocycles. The Morgan fingerprint density at radius 1 is 0.926 bits per heavy atom. The molecule has 27 heavy (non-hydrogen) atoms. The summed E-state index contributed by atoms with van der Waals surface area (Å²) in [4.78, 5) is 29.4. The van der Waals surface area contributed by atoms with Crippen molar-refractivity contribution in [1.82, 2.24) is 4.98 Å². The van der Waals surface area contributed by atoms with E-state index in [1.165, 1.54) is 0 Å². The van der Waals surface area contributed by atoms with Crippen molar-refractivity contribution in [3.05, 3.63) is 70.2 Å². The van der Waals surface area contributed by atoms with Crippen LogP contribution in [0.4, 0.5) is 21.3 Å². The number of carbonyl (C=O) groups excluding carboxylic acids is 2. The van der Waals surface area contributed by atoms with E-state index in [2.05, 4.69) is 20.9 Å². The maximum absolute atomic E-state index is 12.6. The van der Waals surface area contributed by atoms with E-state index in [0.717, 1.165) is 28.2 Å². The molecule has 2 aromatic carbocycles. The molecular weight excluding hydrogens is 360 g/mol. The molecule has 0 atom stereocenters. The first kappa shape index (κ1) is 18.6. The van der Waals surface area contributed by atoms with Crippen molar-refractivity contribution < 1.29 is 9.59 Å². The number of hydrogen-bond acceptors (Lipinski definition) is 4. The summed E-state index contributed by atoms with van der Waals surface area (Å²) in [6.07, 6.45) is 0. The van der Waals surface area contributed by atoms with Gasteiger partial charge < -0.3 is 10.6 Å². The summed E-state index contributed by atoms with van der Waals surface area (Å²) in [5.41, 5.74) is 4.13. The largest absolute Gasteiger partial charge is 0.325 e. The number of hydrogen-bond donors (Lipinski definition) is 3. The van der Waals surface area contributed by atoms with E-state index >= 15 is 0 Å². The standard InChI is InChI=1S/C20H20N4O2S/c1-12-9-10-16(13(2)11-12)23-18(25)17-14(3)21-20(27-17)24-19(26)22-15-7-5-4-6-8-15/h4-11H,1-3H3,(H,23,25)(H2,21,22,24,26). The number of aromatic nitrogens is 1. The molecule has 0 aliphatic carbocycles. The third kappa shape index (κ3) is 4.71. The third-order valence-electron chi connectivity index (χ3n) is 3.89. The quantitative estimate of drug-likeness (QED) is 0.598. The first-order valence-electron chi connectivity index (χ1n) is 8.41. The second kappa shape index (κ2) is 8.01. The molecule has 3 N–H and O–H groups in total. The fraction of sp³-hybridized carbons (Fsp3) is 0.150. The summed E-state index contributed by atoms with van der Waals surface area (Å²) in [5.74, 6) is -0.242. The lowest BCUT2D eigenvalue weighted by molar-refractivity contribution is 0.102. The second-order valence-electron chi connectivity index (χ2n) is 6.15. The van der Waals surface area contributed by atoms with Gasteiger partial charge in [-0.05, 0) is 44.5 Å². The molecule has 0 fully saturated rings. The summed E-state index contributed by atoms with van der Waals surface area (Å²) in [5, 5.41) is 8.66. The van der Waals surface area contributed by atoms with Gasteiger partial charge in [-0.1, -0.05) is 47.2 Å². The molecule has 0 aliphatic rings. The zero-order valence-electron chi connectivity index (χ0n) is 15.3. The molecule has 6 nitrogen and oxygen atoms in total. The zero-order valence-corrected chi connectivity index (χ0v) is 16.1. The van der Waals surface area contributed by atoms with Gasteiger partial charge in [0.1, 0.15) is 4.88 Å². The lowest BCUT2D eigenvalue weighted by atomic mass is 10.1. The molecule has 1 aromatic heterocycles. The summed E-state index contributed by atoms with van der Waals surface area (Å²) >= 11 is 1.14. The predicted molar refractivity (Wildman–Crippen MR) is 110 cm³/mol. The predicted octanol–water partition coefficient (Wildman–Crippen LogP) is 4.96. The number of rotatable bonds is 4. The number of para-hydroxylation sites is 1. The molecule has 0 saturated carbocycles. The topological polar surface area (TPSA) is 83.1 Å². The van der Waals surface area contributed by atoms with Crippen molar-refractivity contribution in [3.63, 3.8) is 0 Å². The maximum Gasteiger partial charge on any atom is 0.325 e. The highest BCUT2D eigenvalue weighted by Crippen LogP contribution is 2.25. The van der Waals surface area contributed by atoms with Crippen molar-refractivity contribution in [2.75, 3.05) is 16.0 Å². The Morgan fingerprint density at radius 2 is 1.67 bits per heavy atom. The van der Waals surface area contributed by atoms with Crippen molar-refractivity contribution in [1.29, 1.82) is 0 Å². The zero-order chi connectivity index (χ0) is 19.4. The number of benzene rings is 2. The van der Waals surface area contributed by atoms with Gasteiger partial charge in [-0.3, -0.25) is 10.1 Å². The van der Waals surface area contributed by atoms with Gasteiger partial charge >= 0.3 is 6.03 Å². The molecule has 0 aliphatic heterocycles. The van der Waals surface area contributed by atoms with Crippen molar-refractivity contribution in [3.8, 4) is 0 Å². The van der Waals surface area contributed by atoms with Crippen LogP contribution in [0, 0.1) is 20.8 Å². The van der Waals surface area contributed by atoms with Crippen LogP contribution < -0.4 is 16.0 Å². The molecule has 7 heteroatoms. The average molecular weight is 380 g/mol. The summed E-state index contributed by atoms with van der Waals surface area (Å²) < 4.78 is 0. The Balaban J connectivity index is 1.68. The summed E-state index contributed by atoms with van der Waals surface area (Å²) in [6.45, 7) is 5.70. The molecule has 138 valence electrons. The van der Waals surface area contributed by atoms with E-state index in [1.807, 2.05) is 50.2 Å². The summed E-state index contributed by atoms with van der Waals surface area (Å²) in [6, 6.07) is 14.5. The van der Waals surface area contributed by atoms with Crippen LogP contribution in [0.3, 0.4) is 0 Å². The van der Waals surface area contributed by atoms with Crippen molar-refractivity contribution in [2.24, 2.45) is 0 Å². The van der Waals surface area contributed by atoms with E-state index < -0.39 is 6.03 Å². The van der Waals surface area contributed by atoms with Crippen molar-refractivity contribution >= 4 is 39.8 Å². The first-order valence-corrected chi connectivity index (χ1v) is 9.23. The van der Waals surface area contributed by atoms with Crippen molar-refractivity contribution in [2.45, 2.75) is 20.8 Å². The van der Waals surface area contributed by atoms with Gasteiger partial charge in [-0.25, -0.2) is 9.78 Å². The van der Waals surface area contributed by atoms with E-state index in [0.29, 0.717) is 21.4 Å². The second-order valence-corrected chi connectivity index (χ2v) is 7.15. The Bertz CT molecular complexity index is 983. The minimum atomic E-state index is -0.406.